The average molecular weight is 372 g/mol. The molecule has 0 aromatic heterocycles. The molecule has 1 unspecified atom stereocenters. The SMILES string of the molecule is CCC1=C(C(=O)OCc2ccccc2)C(c2ccc(F)c(F)c2)NC(=O)N1. The molecule has 1 atom stereocenters. The summed E-state index contributed by atoms with van der Waals surface area (Å²) < 4.78 is 32.3. The van der Waals surface area contributed by atoms with Crippen molar-refractivity contribution in [2.45, 2.75) is 26.0 Å². The van der Waals surface area contributed by atoms with Gasteiger partial charge in [0.25, 0.3) is 0 Å². The molecule has 27 heavy (non-hydrogen) atoms. The van der Waals surface area contributed by atoms with Gasteiger partial charge in [-0.25, -0.2) is 18.4 Å². The molecule has 2 N–H and O–H groups in total. The van der Waals surface area contributed by atoms with Gasteiger partial charge >= 0.3 is 12.0 Å². The minimum Gasteiger partial charge on any atom is -0.457 e. The van der Waals surface area contributed by atoms with Crippen LogP contribution in [-0.2, 0) is 16.1 Å². The van der Waals surface area contributed by atoms with E-state index < -0.39 is 29.7 Å². The highest BCUT2D eigenvalue weighted by Gasteiger charge is 2.33. The van der Waals surface area contributed by atoms with Crippen LogP contribution in [-0.4, -0.2) is 12.0 Å². The van der Waals surface area contributed by atoms with Crippen LogP contribution >= 0.6 is 0 Å². The number of urea groups is 1. The van der Waals surface area contributed by atoms with Gasteiger partial charge in [-0.05, 0) is 29.7 Å². The van der Waals surface area contributed by atoms with Gasteiger partial charge < -0.3 is 15.4 Å². The Labute approximate surface area is 155 Å². The van der Waals surface area contributed by atoms with Crippen molar-refractivity contribution < 1.29 is 23.1 Å². The van der Waals surface area contributed by atoms with Gasteiger partial charge in [0.05, 0.1) is 11.6 Å². The van der Waals surface area contributed by atoms with Crippen LogP contribution in [0.2, 0.25) is 0 Å². The van der Waals surface area contributed by atoms with Crippen LogP contribution in [0.25, 0.3) is 0 Å². The highest BCUT2D eigenvalue weighted by Crippen LogP contribution is 2.30. The second-order valence-electron chi connectivity index (χ2n) is 6.01. The second-order valence-corrected chi connectivity index (χ2v) is 6.01. The molecule has 0 aliphatic carbocycles. The standard InChI is InChI=1S/C20H18F2N2O3/c1-2-16-17(19(25)27-11-12-6-4-3-5-7-12)18(24-20(26)23-16)13-8-9-14(21)15(22)10-13/h3-10,18H,2,11H2,1H3,(H2,23,24,26). The summed E-state index contributed by atoms with van der Waals surface area (Å²) in [6.07, 6.45) is 0.364. The van der Waals surface area contributed by atoms with E-state index in [4.69, 9.17) is 4.74 Å². The second kappa shape index (κ2) is 7.99. The molecule has 2 aromatic carbocycles. The molecule has 5 nitrogen and oxygen atoms in total. The van der Waals surface area contributed by atoms with Gasteiger partial charge in [0.15, 0.2) is 11.6 Å². The maximum atomic E-state index is 13.7. The van der Waals surface area contributed by atoms with Gasteiger partial charge in [0, 0.05) is 5.70 Å². The normalized spacial score (nSPS) is 16.6. The van der Waals surface area contributed by atoms with E-state index in [0.29, 0.717) is 12.1 Å². The largest absolute Gasteiger partial charge is 0.457 e. The number of hydrogen-bond donors (Lipinski definition) is 2. The Balaban J connectivity index is 1.91. The monoisotopic (exact) mass is 372 g/mol. The van der Waals surface area contributed by atoms with E-state index >= 15 is 0 Å². The topological polar surface area (TPSA) is 67.4 Å². The van der Waals surface area contributed by atoms with Crippen molar-refractivity contribution in [1.29, 1.82) is 0 Å². The molecule has 0 bridgehead atoms. The lowest BCUT2D eigenvalue weighted by Crippen LogP contribution is -2.45. The van der Waals surface area contributed by atoms with E-state index in [0.717, 1.165) is 17.7 Å². The molecule has 2 amide bonds. The Kier molecular flexibility index (Phi) is 5.49. The minimum absolute atomic E-state index is 0.0542. The fourth-order valence-corrected chi connectivity index (χ4v) is 2.88. The third-order valence-electron chi connectivity index (χ3n) is 4.22. The molecule has 0 saturated carbocycles. The van der Waals surface area contributed by atoms with Gasteiger partial charge in [-0.15, -0.1) is 0 Å². The molecule has 1 heterocycles. The average Bonchev–Trinajstić information content (AvgIpc) is 2.68. The number of esters is 1. The smallest absolute Gasteiger partial charge is 0.338 e. The zero-order valence-electron chi connectivity index (χ0n) is 14.6. The van der Waals surface area contributed by atoms with Crippen LogP contribution in [0.3, 0.4) is 0 Å². The number of amides is 2. The van der Waals surface area contributed by atoms with Gasteiger partial charge in [-0.3, -0.25) is 0 Å². The molecule has 3 rings (SSSR count). The van der Waals surface area contributed by atoms with Crippen molar-refractivity contribution in [3.8, 4) is 0 Å². The number of ether oxygens (including phenoxy) is 1. The summed E-state index contributed by atoms with van der Waals surface area (Å²) in [4.78, 5) is 24.7. The van der Waals surface area contributed by atoms with Crippen LogP contribution in [0.5, 0.6) is 0 Å². The van der Waals surface area contributed by atoms with E-state index in [1.165, 1.54) is 6.07 Å². The molecule has 0 saturated heterocycles. The number of nitrogens with one attached hydrogen (secondary N) is 2. The molecule has 1 aliphatic rings. The fourth-order valence-electron chi connectivity index (χ4n) is 2.88. The minimum atomic E-state index is -1.06. The summed E-state index contributed by atoms with van der Waals surface area (Å²) in [6.45, 7) is 1.83. The lowest BCUT2D eigenvalue weighted by Gasteiger charge is -2.29. The first-order chi connectivity index (χ1) is 13.0. The number of carbonyl (C=O) groups excluding carboxylic acids is 2. The van der Waals surface area contributed by atoms with Crippen molar-refractivity contribution in [1.82, 2.24) is 10.6 Å². The molecule has 2 aromatic rings. The number of allylic oxidation sites excluding steroid dienone is 1. The van der Waals surface area contributed by atoms with Crippen molar-refractivity contribution >= 4 is 12.0 Å². The number of carbonyl (C=O) groups is 2. The molecule has 0 spiro atoms. The van der Waals surface area contributed by atoms with E-state index in [9.17, 15) is 18.4 Å². The van der Waals surface area contributed by atoms with Crippen molar-refractivity contribution in [3.05, 3.63) is 82.6 Å². The summed E-state index contributed by atoms with van der Waals surface area (Å²) in [6, 6.07) is 10.9. The molecule has 0 fully saturated rings. The molecular formula is C20H18F2N2O3. The summed E-state index contributed by atoms with van der Waals surface area (Å²) in [5.41, 5.74) is 1.61. The summed E-state index contributed by atoms with van der Waals surface area (Å²) in [5.74, 6) is -2.71. The number of hydrogen-bond acceptors (Lipinski definition) is 3. The first kappa shape index (κ1) is 18.6. The van der Waals surface area contributed by atoms with Crippen LogP contribution < -0.4 is 10.6 Å². The van der Waals surface area contributed by atoms with Crippen molar-refractivity contribution in [3.63, 3.8) is 0 Å². The van der Waals surface area contributed by atoms with Crippen LogP contribution in [0, 0.1) is 11.6 Å². The molecule has 1 aliphatic heterocycles. The van der Waals surface area contributed by atoms with Gasteiger partial charge in [-0.1, -0.05) is 43.3 Å². The summed E-state index contributed by atoms with van der Waals surface area (Å²) in [7, 11) is 0. The van der Waals surface area contributed by atoms with Crippen LogP contribution in [0.15, 0.2) is 59.8 Å². The van der Waals surface area contributed by atoms with Crippen LogP contribution in [0.4, 0.5) is 13.6 Å². The molecule has 140 valence electrons. The lowest BCUT2D eigenvalue weighted by molar-refractivity contribution is -0.140. The quantitative estimate of drug-likeness (QED) is 0.786. The predicted octanol–water partition coefficient (Wildman–Crippen LogP) is 3.73. The van der Waals surface area contributed by atoms with Gasteiger partial charge in [-0.2, -0.15) is 0 Å². The maximum absolute atomic E-state index is 13.7. The Morgan fingerprint density at radius 1 is 1.11 bits per heavy atom. The molecule has 7 heteroatoms. The highest BCUT2D eigenvalue weighted by molar-refractivity contribution is 5.95. The zero-order chi connectivity index (χ0) is 19.4. The number of benzene rings is 2. The molecule has 0 radical (unpaired) electrons. The third-order valence-corrected chi connectivity index (χ3v) is 4.22. The number of rotatable bonds is 5. The van der Waals surface area contributed by atoms with E-state index in [-0.39, 0.29) is 17.7 Å². The third kappa shape index (κ3) is 4.13. The highest BCUT2D eigenvalue weighted by atomic mass is 19.2. The Morgan fingerprint density at radius 3 is 2.52 bits per heavy atom. The van der Waals surface area contributed by atoms with Gasteiger partial charge in [0.2, 0.25) is 0 Å². The van der Waals surface area contributed by atoms with E-state index in [2.05, 4.69) is 10.6 Å². The Bertz CT molecular complexity index is 897. The van der Waals surface area contributed by atoms with Crippen molar-refractivity contribution in [2.75, 3.05) is 0 Å². The van der Waals surface area contributed by atoms with Crippen molar-refractivity contribution in [2.24, 2.45) is 0 Å². The van der Waals surface area contributed by atoms with Gasteiger partial charge in [0.1, 0.15) is 6.61 Å². The zero-order valence-corrected chi connectivity index (χ0v) is 14.6. The first-order valence-corrected chi connectivity index (χ1v) is 8.46. The van der Waals surface area contributed by atoms with E-state index in [1.54, 1.807) is 6.92 Å². The van der Waals surface area contributed by atoms with Crippen LogP contribution in [0.1, 0.15) is 30.5 Å². The number of halogens is 2. The first-order valence-electron chi connectivity index (χ1n) is 8.46. The lowest BCUT2D eigenvalue weighted by atomic mass is 9.94. The Morgan fingerprint density at radius 2 is 1.85 bits per heavy atom. The predicted molar refractivity (Wildman–Crippen MR) is 94.3 cm³/mol. The summed E-state index contributed by atoms with van der Waals surface area (Å²) in [5, 5.41) is 5.16. The fraction of sp³-hybridized carbons (Fsp3) is 0.200. The molecular weight excluding hydrogens is 354 g/mol. The Hall–Kier alpha value is -3.22. The van der Waals surface area contributed by atoms with E-state index in [1.807, 2.05) is 30.3 Å². The maximum Gasteiger partial charge on any atom is 0.338 e. The summed E-state index contributed by atoms with van der Waals surface area (Å²) >= 11 is 0.